The second-order valence-corrected chi connectivity index (χ2v) is 0.997. The Labute approximate surface area is 67.9 Å². The average molecular weight is 144 g/mol. The van der Waals surface area contributed by atoms with Crippen molar-refractivity contribution in [3.05, 3.63) is 0 Å². The van der Waals surface area contributed by atoms with Gasteiger partial charge in [-0.05, 0) is 0 Å². The van der Waals surface area contributed by atoms with E-state index in [9.17, 15) is 9.59 Å². The Bertz CT molecular complexity index is 116. The molecule has 0 unspecified atom stereocenters. The Kier molecular flexibility index (Phi) is 7.38. The van der Waals surface area contributed by atoms with Crippen LogP contribution in [0.4, 0.5) is 4.79 Å². The highest BCUT2D eigenvalue weighted by atomic mass is 24.3. The Balaban J connectivity index is 0. The number of ether oxygens (including phenoxy) is 1. The molecular formula is C3H8MgN2O3. The summed E-state index contributed by atoms with van der Waals surface area (Å²) in [6.07, 6.45) is -1.12. The topological polar surface area (TPSA) is 95.4 Å². The zero-order valence-corrected chi connectivity index (χ0v) is 4.09. The molecular weight excluding hydrogens is 136 g/mol. The van der Waals surface area contributed by atoms with Crippen molar-refractivity contribution in [3.8, 4) is 0 Å². The number of esters is 1. The van der Waals surface area contributed by atoms with E-state index in [1.165, 1.54) is 0 Å². The molecule has 50 valence electrons. The SMILES string of the molecule is NCC(=O)OC(N)=O.[MgH2]. The van der Waals surface area contributed by atoms with Crippen molar-refractivity contribution in [1.29, 1.82) is 0 Å². The highest BCUT2D eigenvalue weighted by Gasteiger charge is 2.00. The monoisotopic (exact) mass is 144 g/mol. The molecule has 6 heteroatoms. The quantitative estimate of drug-likeness (QED) is 0.245. The molecule has 0 aliphatic carbocycles. The van der Waals surface area contributed by atoms with Gasteiger partial charge in [-0.3, -0.25) is 4.79 Å². The fourth-order valence-electron chi connectivity index (χ4n) is 0.154. The van der Waals surface area contributed by atoms with Crippen LogP contribution >= 0.6 is 0 Å². The standard InChI is InChI=1S/C3H6N2O3.Mg.2H/c4-1-2(6)8-3(5)7;;;/h1,4H2,(H2,5,7);;;. The van der Waals surface area contributed by atoms with Crippen LogP contribution in [0.25, 0.3) is 0 Å². The van der Waals surface area contributed by atoms with Crippen molar-refractivity contribution in [2.24, 2.45) is 11.5 Å². The van der Waals surface area contributed by atoms with Crippen LogP contribution < -0.4 is 11.5 Å². The van der Waals surface area contributed by atoms with Crippen LogP contribution in [0.5, 0.6) is 0 Å². The lowest BCUT2D eigenvalue weighted by molar-refractivity contribution is -0.135. The van der Waals surface area contributed by atoms with E-state index in [1.54, 1.807) is 0 Å². The molecule has 0 aliphatic rings. The minimum Gasteiger partial charge on any atom is -0.375 e. The van der Waals surface area contributed by atoms with E-state index in [0.29, 0.717) is 0 Å². The zero-order chi connectivity index (χ0) is 6.57. The van der Waals surface area contributed by atoms with E-state index >= 15 is 0 Å². The van der Waals surface area contributed by atoms with Crippen molar-refractivity contribution in [3.63, 3.8) is 0 Å². The molecule has 0 aromatic rings. The zero-order valence-electron chi connectivity index (χ0n) is 4.09. The van der Waals surface area contributed by atoms with Gasteiger partial charge in [0.2, 0.25) is 0 Å². The van der Waals surface area contributed by atoms with Gasteiger partial charge in [0.25, 0.3) is 0 Å². The molecule has 0 radical (unpaired) electrons. The van der Waals surface area contributed by atoms with Gasteiger partial charge >= 0.3 is 35.1 Å². The lowest BCUT2D eigenvalue weighted by atomic mass is 10.7. The summed E-state index contributed by atoms with van der Waals surface area (Å²) >= 11 is 0. The Morgan fingerprint density at radius 1 is 1.44 bits per heavy atom. The summed E-state index contributed by atoms with van der Waals surface area (Å²) in [6, 6.07) is 0. The summed E-state index contributed by atoms with van der Waals surface area (Å²) in [7, 11) is 0. The predicted octanol–water partition coefficient (Wildman–Crippen LogP) is -2.35. The predicted molar refractivity (Wildman–Crippen MR) is 33.3 cm³/mol. The third-order valence-electron chi connectivity index (χ3n) is 0.381. The molecule has 0 rings (SSSR count). The minimum atomic E-state index is -1.12. The average Bonchev–Trinajstić information content (AvgIpc) is 1.65. The van der Waals surface area contributed by atoms with Gasteiger partial charge in [-0.15, -0.1) is 0 Å². The van der Waals surface area contributed by atoms with Crippen LogP contribution in [0, 0.1) is 0 Å². The maximum absolute atomic E-state index is 9.97. The molecule has 4 N–H and O–H groups in total. The molecule has 0 spiro atoms. The molecule has 0 aromatic heterocycles. The van der Waals surface area contributed by atoms with Gasteiger partial charge in [-0.2, -0.15) is 0 Å². The van der Waals surface area contributed by atoms with Crippen LogP contribution in [0.3, 0.4) is 0 Å². The Morgan fingerprint density at radius 2 is 1.89 bits per heavy atom. The van der Waals surface area contributed by atoms with E-state index in [1.807, 2.05) is 0 Å². The highest BCUT2D eigenvalue weighted by molar-refractivity contribution is 5.84. The molecule has 0 aliphatic heterocycles. The van der Waals surface area contributed by atoms with Gasteiger partial charge in [0, 0.05) is 0 Å². The van der Waals surface area contributed by atoms with Crippen molar-refractivity contribution in [2.45, 2.75) is 0 Å². The molecule has 0 heterocycles. The van der Waals surface area contributed by atoms with Gasteiger partial charge in [0.15, 0.2) is 0 Å². The van der Waals surface area contributed by atoms with E-state index in [-0.39, 0.29) is 29.6 Å². The van der Waals surface area contributed by atoms with E-state index in [0.717, 1.165) is 0 Å². The van der Waals surface area contributed by atoms with Gasteiger partial charge in [-0.25, -0.2) is 4.79 Å². The van der Waals surface area contributed by atoms with Crippen molar-refractivity contribution in [1.82, 2.24) is 0 Å². The van der Waals surface area contributed by atoms with Gasteiger partial charge in [0.1, 0.15) is 0 Å². The molecule has 0 atom stereocenters. The fraction of sp³-hybridized carbons (Fsp3) is 0.333. The first-order chi connectivity index (χ1) is 3.66. The molecule has 0 bridgehead atoms. The molecule has 0 aromatic carbocycles. The van der Waals surface area contributed by atoms with Gasteiger partial charge in [-0.1, -0.05) is 0 Å². The molecule has 9 heavy (non-hydrogen) atoms. The number of amides is 1. The first-order valence-electron chi connectivity index (χ1n) is 1.87. The lowest BCUT2D eigenvalue weighted by Crippen LogP contribution is -2.24. The molecule has 0 saturated carbocycles. The summed E-state index contributed by atoms with van der Waals surface area (Å²) in [5.41, 5.74) is 9.17. The summed E-state index contributed by atoms with van der Waals surface area (Å²) in [6.45, 7) is -0.330. The second-order valence-electron chi connectivity index (χ2n) is 0.997. The number of rotatable bonds is 1. The molecule has 5 nitrogen and oxygen atoms in total. The van der Waals surface area contributed by atoms with Crippen LogP contribution in [0.15, 0.2) is 0 Å². The van der Waals surface area contributed by atoms with E-state index < -0.39 is 12.1 Å². The van der Waals surface area contributed by atoms with E-state index in [4.69, 9.17) is 5.73 Å². The smallest absolute Gasteiger partial charge is 0.375 e. The molecule has 0 fully saturated rings. The third kappa shape index (κ3) is 7.67. The first kappa shape index (κ1) is 11.5. The summed E-state index contributed by atoms with van der Waals surface area (Å²) < 4.78 is 3.77. The normalized spacial score (nSPS) is 7.22. The summed E-state index contributed by atoms with van der Waals surface area (Å²) in [5.74, 6) is -0.822. The fourth-order valence-corrected chi connectivity index (χ4v) is 0.154. The van der Waals surface area contributed by atoms with Crippen molar-refractivity contribution in [2.75, 3.05) is 6.54 Å². The number of hydrogen-bond donors (Lipinski definition) is 2. The summed E-state index contributed by atoms with van der Waals surface area (Å²) in [4.78, 5) is 19.7. The number of carbonyl (C=O) groups is 2. The first-order valence-corrected chi connectivity index (χ1v) is 1.87. The summed E-state index contributed by atoms with van der Waals surface area (Å²) in [5, 5.41) is 0. The van der Waals surface area contributed by atoms with Crippen molar-refractivity contribution >= 4 is 35.1 Å². The van der Waals surface area contributed by atoms with Crippen LogP contribution in [-0.2, 0) is 9.53 Å². The largest absolute Gasteiger partial charge is 0.412 e. The maximum Gasteiger partial charge on any atom is 0.412 e. The third-order valence-corrected chi connectivity index (χ3v) is 0.381. The highest BCUT2D eigenvalue weighted by Crippen LogP contribution is 1.71. The maximum atomic E-state index is 9.97. The number of nitrogens with two attached hydrogens (primary N) is 2. The Morgan fingerprint density at radius 3 is 2.00 bits per heavy atom. The minimum absolute atomic E-state index is 0. The van der Waals surface area contributed by atoms with Crippen LogP contribution in [0.2, 0.25) is 0 Å². The second kappa shape index (κ2) is 5.80. The van der Waals surface area contributed by atoms with Crippen LogP contribution in [0.1, 0.15) is 0 Å². The molecule has 0 saturated heterocycles. The Hall–Kier alpha value is -0.334. The van der Waals surface area contributed by atoms with Crippen molar-refractivity contribution < 1.29 is 14.3 Å². The molecule has 1 amide bonds. The van der Waals surface area contributed by atoms with E-state index in [2.05, 4.69) is 10.5 Å². The van der Waals surface area contributed by atoms with Gasteiger partial charge in [0.05, 0.1) is 6.54 Å². The van der Waals surface area contributed by atoms with Gasteiger partial charge < -0.3 is 16.2 Å². The van der Waals surface area contributed by atoms with Crippen LogP contribution in [-0.4, -0.2) is 41.7 Å². The number of carbonyl (C=O) groups excluding carboxylic acids is 2. The lowest BCUT2D eigenvalue weighted by Gasteiger charge is -1.91. The number of hydrogen-bond acceptors (Lipinski definition) is 4. The number of primary amides is 1.